The lowest BCUT2D eigenvalue weighted by Gasteiger charge is -2.28. The molecular weight excluding hydrogens is 318 g/mol. The van der Waals surface area contributed by atoms with Crippen LogP contribution < -0.4 is 0 Å². The number of hydrogen-bond donors (Lipinski definition) is 0. The van der Waals surface area contributed by atoms with Gasteiger partial charge < -0.3 is 0 Å². The molecule has 2 aromatic rings. The largest absolute Gasteiger partial charge is 0.298 e. The lowest BCUT2D eigenvalue weighted by Crippen LogP contribution is -2.13. The Morgan fingerprint density at radius 3 is 2.24 bits per heavy atom. The molecule has 1 nitrogen and oxygen atoms in total. The second kappa shape index (κ2) is 7.90. The first-order valence-corrected chi connectivity index (χ1v) is 9.17. The van der Waals surface area contributed by atoms with Crippen LogP contribution in [-0.2, 0) is 0 Å². The summed E-state index contributed by atoms with van der Waals surface area (Å²) in [5.41, 5.74) is 1.87. The van der Waals surface area contributed by atoms with Gasteiger partial charge in [0.25, 0.3) is 0 Å². The second-order valence-electron chi connectivity index (χ2n) is 7.08. The Kier molecular flexibility index (Phi) is 5.62. The molecular formula is C22H24F2O. The Hall–Kier alpha value is -2.03. The van der Waals surface area contributed by atoms with E-state index >= 15 is 0 Å². The summed E-state index contributed by atoms with van der Waals surface area (Å²) in [5.74, 6) is -0.599. The maximum Gasteiger partial charge on any atom is 0.169 e. The highest BCUT2D eigenvalue weighted by molar-refractivity contribution is 5.77. The van der Waals surface area contributed by atoms with Gasteiger partial charge in [-0.25, -0.2) is 8.78 Å². The van der Waals surface area contributed by atoms with Crippen molar-refractivity contribution < 1.29 is 13.6 Å². The minimum atomic E-state index is -1.08. The number of benzene rings is 2. The quantitative estimate of drug-likeness (QED) is 0.565. The van der Waals surface area contributed by atoms with E-state index in [1.54, 1.807) is 0 Å². The molecule has 3 rings (SSSR count). The molecule has 0 radical (unpaired) electrons. The molecule has 0 N–H and O–H groups in total. The molecule has 1 aliphatic rings. The summed E-state index contributed by atoms with van der Waals surface area (Å²) >= 11 is 0. The topological polar surface area (TPSA) is 17.1 Å². The molecule has 1 aliphatic carbocycles. The van der Waals surface area contributed by atoms with Crippen LogP contribution in [-0.4, -0.2) is 6.29 Å². The Morgan fingerprint density at radius 1 is 0.960 bits per heavy atom. The number of carbonyl (C=O) groups is 1. The molecule has 0 spiro atoms. The summed E-state index contributed by atoms with van der Waals surface area (Å²) in [4.78, 5) is 10.7. The van der Waals surface area contributed by atoms with E-state index in [9.17, 15) is 13.6 Å². The van der Waals surface area contributed by atoms with Gasteiger partial charge in [-0.2, -0.15) is 0 Å². The SMILES string of the molecule is CCCC1CCC(c2ccc(-c3ccc(C=O)c(F)c3F)cc2)CC1. The molecule has 3 heteroatoms. The molecule has 132 valence electrons. The molecule has 0 heterocycles. The van der Waals surface area contributed by atoms with Crippen LogP contribution in [0.25, 0.3) is 11.1 Å². The van der Waals surface area contributed by atoms with E-state index in [2.05, 4.69) is 6.92 Å². The van der Waals surface area contributed by atoms with E-state index in [0.29, 0.717) is 17.8 Å². The van der Waals surface area contributed by atoms with Crippen LogP contribution in [0, 0.1) is 17.6 Å². The van der Waals surface area contributed by atoms with Gasteiger partial charge in [0.15, 0.2) is 17.9 Å². The van der Waals surface area contributed by atoms with Crippen molar-refractivity contribution in [3.05, 3.63) is 59.2 Å². The third-order valence-electron chi connectivity index (χ3n) is 5.48. The average Bonchev–Trinajstić information content (AvgIpc) is 2.65. The van der Waals surface area contributed by atoms with Crippen molar-refractivity contribution in [1.82, 2.24) is 0 Å². The Balaban J connectivity index is 1.75. The van der Waals surface area contributed by atoms with E-state index in [4.69, 9.17) is 0 Å². The first kappa shape index (κ1) is 17.8. The fourth-order valence-corrected chi connectivity index (χ4v) is 4.01. The van der Waals surface area contributed by atoms with Crippen LogP contribution in [0.1, 0.15) is 67.3 Å². The highest BCUT2D eigenvalue weighted by atomic mass is 19.2. The first-order chi connectivity index (χ1) is 12.1. The normalized spacial score (nSPS) is 20.4. The minimum absolute atomic E-state index is 0.196. The lowest BCUT2D eigenvalue weighted by molar-refractivity contribution is 0.111. The second-order valence-corrected chi connectivity index (χ2v) is 7.08. The lowest BCUT2D eigenvalue weighted by atomic mass is 9.77. The van der Waals surface area contributed by atoms with Crippen LogP contribution in [0.2, 0.25) is 0 Å². The molecule has 2 aromatic carbocycles. The van der Waals surface area contributed by atoms with Gasteiger partial charge in [-0.15, -0.1) is 0 Å². The zero-order chi connectivity index (χ0) is 17.8. The van der Waals surface area contributed by atoms with E-state index in [-0.39, 0.29) is 11.1 Å². The minimum Gasteiger partial charge on any atom is -0.298 e. The molecule has 0 unspecified atom stereocenters. The van der Waals surface area contributed by atoms with Crippen molar-refractivity contribution in [2.75, 3.05) is 0 Å². The maximum atomic E-state index is 14.2. The molecule has 0 atom stereocenters. The number of carbonyl (C=O) groups excluding carboxylic acids is 1. The highest BCUT2D eigenvalue weighted by Crippen LogP contribution is 2.38. The molecule has 0 aromatic heterocycles. The van der Waals surface area contributed by atoms with E-state index in [1.165, 1.54) is 56.2 Å². The van der Waals surface area contributed by atoms with E-state index < -0.39 is 11.6 Å². The number of rotatable bonds is 5. The fourth-order valence-electron chi connectivity index (χ4n) is 4.01. The predicted molar refractivity (Wildman–Crippen MR) is 96.8 cm³/mol. The summed E-state index contributed by atoms with van der Waals surface area (Å²) in [7, 11) is 0. The Labute approximate surface area is 148 Å². The van der Waals surface area contributed by atoms with Crippen LogP contribution >= 0.6 is 0 Å². The third-order valence-corrected chi connectivity index (χ3v) is 5.48. The molecule has 0 amide bonds. The van der Waals surface area contributed by atoms with E-state index in [1.807, 2.05) is 24.3 Å². The van der Waals surface area contributed by atoms with Gasteiger partial charge in [-0.1, -0.05) is 50.1 Å². The molecule has 25 heavy (non-hydrogen) atoms. The van der Waals surface area contributed by atoms with Crippen LogP contribution in [0.5, 0.6) is 0 Å². The van der Waals surface area contributed by atoms with Crippen molar-refractivity contribution in [3.8, 4) is 11.1 Å². The summed E-state index contributed by atoms with van der Waals surface area (Å²) in [6.07, 6.45) is 7.91. The summed E-state index contributed by atoms with van der Waals surface area (Å²) in [5, 5.41) is 0. The van der Waals surface area contributed by atoms with Gasteiger partial charge in [0.2, 0.25) is 0 Å². The zero-order valence-electron chi connectivity index (χ0n) is 14.6. The molecule has 1 saturated carbocycles. The molecule has 0 bridgehead atoms. The Bertz CT molecular complexity index is 728. The number of aldehydes is 1. The monoisotopic (exact) mass is 342 g/mol. The van der Waals surface area contributed by atoms with Gasteiger partial charge >= 0.3 is 0 Å². The molecule has 1 fully saturated rings. The smallest absolute Gasteiger partial charge is 0.169 e. The van der Waals surface area contributed by atoms with Gasteiger partial charge in [0.05, 0.1) is 5.56 Å². The summed E-state index contributed by atoms with van der Waals surface area (Å²) in [6.45, 7) is 2.24. The van der Waals surface area contributed by atoms with Crippen molar-refractivity contribution in [3.63, 3.8) is 0 Å². The number of hydrogen-bond acceptors (Lipinski definition) is 1. The van der Waals surface area contributed by atoms with Gasteiger partial charge in [-0.3, -0.25) is 4.79 Å². The average molecular weight is 342 g/mol. The standard InChI is InChI=1S/C22H24F2O/c1-2-3-15-4-6-16(7-5-15)17-8-10-18(11-9-17)20-13-12-19(14-25)21(23)22(20)24/h8-16H,2-7H2,1H3. The maximum absolute atomic E-state index is 14.2. The van der Waals surface area contributed by atoms with Crippen LogP contribution in [0.15, 0.2) is 36.4 Å². The summed E-state index contributed by atoms with van der Waals surface area (Å²) in [6, 6.07) is 10.6. The van der Waals surface area contributed by atoms with Crippen molar-refractivity contribution in [2.45, 2.75) is 51.4 Å². The Morgan fingerprint density at radius 2 is 1.64 bits per heavy atom. The van der Waals surface area contributed by atoms with Gasteiger partial charge in [0.1, 0.15) is 0 Å². The third kappa shape index (κ3) is 3.81. The van der Waals surface area contributed by atoms with Crippen LogP contribution in [0.4, 0.5) is 8.78 Å². The van der Waals surface area contributed by atoms with Gasteiger partial charge in [-0.05, 0) is 54.7 Å². The first-order valence-electron chi connectivity index (χ1n) is 9.17. The molecule has 0 aliphatic heterocycles. The highest BCUT2D eigenvalue weighted by Gasteiger charge is 2.22. The van der Waals surface area contributed by atoms with Crippen molar-refractivity contribution in [1.29, 1.82) is 0 Å². The van der Waals surface area contributed by atoms with Crippen molar-refractivity contribution in [2.24, 2.45) is 5.92 Å². The number of halogens is 2. The van der Waals surface area contributed by atoms with E-state index in [0.717, 1.165) is 5.92 Å². The molecule has 0 saturated heterocycles. The predicted octanol–water partition coefficient (Wildman–Crippen LogP) is 6.52. The summed E-state index contributed by atoms with van der Waals surface area (Å²) < 4.78 is 28.0. The zero-order valence-corrected chi connectivity index (χ0v) is 14.6. The van der Waals surface area contributed by atoms with Crippen LogP contribution in [0.3, 0.4) is 0 Å². The van der Waals surface area contributed by atoms with Gasteiger partial charge in [0, 0.05) is 5.56 Å². The fraction of sp³-hybridized carbons (Fsp3) is 0.409. The van der Waals surface area contributed by atoms with Crippen molar-refractivity contribution >= 4 is 6.29 Å².